The lowest BCUT2D eigenvalue weighted by molar-refractivity contribution is -0.149. The van der Waals surface area contributed by atoms with E-state index in [1.165, 1.54) is 12.1 Å². The number of nitrogens with zero attached hydrogens (tertiary/aromatic N) is 2. The number of fused-ring (bicyclic) bond motifs is 1. The van der Waals surface area contributed by atoms with Gasteiger partial charge < -0.3 is 19.7 Å². The molecule has 37 heavy (non-hydrogen) atoms. The molecule has 0 saturated carbocycles. The Labute approximate surface area is 223 Å². The van der Waals surface area contributed by atoms with E-state index < -0.39 is 12.0 Å². The number of rotatable bonds is 5. The Kier molecular flexibility index (Phi) is 7.22. The number of ether oxygens (including phenoxy) is 2. The van der Waals surface area contributed by atoms with Crippen molar-refractivity contribution in [1.82, 2.24) is 9.88 Å². The van der Waals surface area contributed by atoms with Gasteiger partial charge in [-0.3, -0.25) is 9.59 Å². The number of benzene rings is 2. The van der Waals surface area contributed by atoms with Gasteiger partial charge in [-0.25, -0.2) is 9.37 Å². The third-order valence-corrected chi connectivity index (χ3v) is 7.29. The van der Waals surface area contributed by atoms with Gasteiger partial charge >= 0.3 is 5.97 Å². The molecule has 3 aromatic rings. The van der Waals surface area contributed by atoms with Crippen molar-refractivity contribution in [3.8, 4) is 16.9 Å². The minimum Gasteiger partial charge on any atom is -0.466 e. The molecule has 192 valence electrons. The summed E-state index contributed by atoms with van der Waals surface area (Å²) in [4.78, 5) is 31.1. The van der Waals surface area contributed by atoms with Crippen LogP contribution in [0, 0.1) is 11.7 Å². The first-order valence-corrected chi connectivity index (χ1v) is 12.7. The van der Waals surface area contributed by atoms with Crippen LogP contribution in [0.2, 0.25) is 10.0 Å². The number of amides is 1. The van der Waals surface area contributed by atoms with Gasteiger partial charge in [-0.2, -0.15) is 0 Å². The lowest BCUT2D eigenvalue weighted by Gasteiger charge is -2.31. The van der Waals surface area contributed by atoms with Crippen LogP contribution in [0.1, 0.15) is 41.9 Å². The summed E-state index contributed by atoms with van der Waals surface area (Å²) in [6.07, 6.45) is 2.11. The van der Waals surface area contributed by atoms with E-state index in [1.54, 1.807) is 30.2 Å². The highest BCUT2D eigenvalue weighted by atomic mass is 35.5. The summed E-state index contributed by atoms with van der Waals surface area (Å²) < 4.78 is 25.0. The van der Waals surface area contributed by atoms with E-state index in [4.69, 9.17) is 32.7 Å². The number of halogens is 3. The van der Waals surface area contributed by atoms with Gasteiger partial charge in [0.25, 0.3) is 5.91 Å². The number of anilines is 1. The fourth-order valence-electron chi connectivity index (χ4n) is 4.56. The van der Waals surface area contributed by atoms with Crippen molar-refractivity contribution in [2.45, 2.75) is 26.0 Å². The van der Waals surface area contributed by atoms with Crippen molar-refractivity contribution in [1.29, 1.82) is 0 Å². The molecular weight excluding hydrogens is 520 g/mol. The van der Waals surface area contributed by atoms with Crippen LogP contribution < -0.4 is 10.1 Å². The van der Waals surface area contributed by atoms with Gasteiger partial charge in [0.2, 0.25) is 6.23 Å². The third kappa shape index (κ3) is 5.08. The fraction of sp³-hybridized carbons (Fsp3) is 0.296. The highest BCUT2D eigenvalue weighted by Crippen LogP contribution is 2.43. The average Bonchev–Trinajstić information content (AvgIpc) is 3.34. The summed E-state index contributed by atoms with van der Waals surface area (Å²) >= 11 is 12.4. The predicted molar refractivity (Wildman–Crippen MR) is 138 cm³/mol. The summed E-state index contributed by atoms with van der Waals surface area (Å²) in [6.45, 7) is 3.19. The molecule has 1 aromatic heterocycles. The molecule has 10 heteroatoms. The number of carbonyl (C=O) groups is 2. The molecule has 2 aliphatic heterocycles. The molecule has 1 N–H and O–H groups in total. The van der Waals surface area contributed by atoms with Crippen LogP contribution in [0.5, 0.6) is 5.75 Å². The maximum Gasteiger partial charge on any atom is 0.309 e. The van der Waals surface area contributed by atoms with E-state index in [1.807, 2.05) is 18.2 Å². The SMILES string of the molecule is CCOC(=O)C1CCN(C(=O)c2ccc(-c3cnc4c(c3)OC(c3c(Cl)ccc(F)c3Cl)N4)cc2)CC1. The molecule has 1 amide bonds. The molecule has 2 aliphatic rings. The molecule has 3 heterocycles. The molecule has 0 radical (unpaired) electrons. The molecule has 1 atom stereocenters. The first-order valence-electron chi connectivity index (χ1n) is 12.0. The van der Waals surface area contributed by atoms with Crippen molar-refractivity contribution in [2.75, 3.05) is 25.0 Å². The number of likely N-dealkylation sites (tertiary alicyclic amines) is 1. The van der Waals surface area contributed by atoms with Crippen LogP contribution in [-0.4, -0.2) is 41.5 Å². The number of aromatic nitrogens is 1. The summed E-state index contributed by atoms with van der Waals surface area (Å²) in [7, 11) is 0. The van der Waals surface area contributed by atoms with Gasteiger partial charge in [-0.15, -0.1) is 0 Å². The highest BCUT2D eigenvalue weighted by molar-refractivity contribution is 6.36. The minimum absolute atomic E-state index is 0.0693. The zero-order valence-corrected chi connectivity index (χ0v) is 21.5. The summed E-state index contributed by atoms with van der Waals surface area (Å²) in [5, 5.41) is 3.24. The molecule has 0 bridgehead atoms. The molecule has 1 unspecified atom stereocenters. The van der Waals surface area contributed by atoms with Crippen LogP contribution in [0.15, 0.2) is 48.7 Å². The van der Waals surface area contributed by atoms with Crippen molar-refractivity contribution in [3.63, 3.8) is 0 Å². The minimum atomic E-state index is -0.776. The second kappa shape index (κ2) is 10.6. The molecule has 7 nitrogen and oxygen atoms in total. The number of pyridine rings is 1. The Morgan fingerprint density at radius 3 is 2.57 bits per heavy atom. The predicted octanol–water partition coefficient (Wildman–Crippen LogP) is 6.11. The van der Waals surface area contributed by atoms with Gasteiger partial charge in [-0.05, 0) is 55.7 Å². The molecule has 1 fully saturated rings. The van der Waals surface area contributed by atoms with Crippen LogP contribution in [0.4, 0.5) is 10.2 Å². The summed E-state index contributed by atoms with van der Waals surface area (Å²) in [5.74, 6) is -0.0292. The lowest BCUT2D eigenvalue weighted by atomic mass is 9.96. The monoisotopic (exact) mass is 543 g/mol. The van der Waals surface area contributed by atoms with E-state index >= 15 is 0 Å². The average molecular weight is 544 g/mol. The van der Waals surface area contributed by atoms with Crippen molar-refractivity contribution in [3.05, 3.63) is 75.7 Å². The van der Waals surface area contributed by atoms with E-state index in [0.717, 1.165) is 11.1 Å². The quantitative estimate of drug-likeness (QED) is 0.308. The lowest BCUT2D eigenvalue weighted by Crippen LogP contribution is -2.40. The first-order chi connectivity index (χ1) is 17.9. The number of carbonyl (C=O) groups excluding carboxylic acids is 2. The number of nitrogens with one attached hydrogen (secondary N) is 1. The molecular formula is C27H24Cl2FN3O4. The summed E-state index contributed by atoms with van der Waals surface area (Å²) in [6, 6.07) is 11.7. The maximum atomic E-state index is 14.0. The van der Waals surface area contributed by atoms with Crippen LogP contribution >= 0.6 is 23.2 Å². The zero-order chi connectivity index (χ0) is 26.1. The molecule has 0 aliphatic carbocycles. The second-order valence-corrected chi connectivity index (χ2v) is 9.65. The molecule has 5 rings (SSSR count). The third-order valence-electron chi connectivity index (χ3n) is 6.57. The number of piperidine rings is 1. The van der Waals surface area contributed by atoms with Crippen LogP contribution in [-0.2, 0) is 9.53 Å². The van der Waals surface area contributed by atoms with Gasteiger partial charge in [0.05, 0.1) is 28.1 Å². The first kappa shape index (κ1) is 25.3. The Bertz CT molecular complexity index is 1340. The standard InChI is InChI=1S/C27H24Cl2FN3O4/c1-2-36-27(35)17-9-11-33(12-10-17)26(34)16-5-3-15(4-6-16)18-13-21-24(31-14-18)32-25(37-21)22-19(28)7-8-20(30)23(22)29/h3-8,13-14,17,25H,2,9-12H2,1H3,(H,31,32). The van der Waals surface area contributed by atoms with Crippen molar-refractivity contribution in [2.24, 2.45) is 5.92 Å². The highest BCUT2D eigenvalue weighted by Gasteiger charge is 2.31. The topological polar surface area (TPSA) is 80.8 Å². The zero-order valence-electron chi connectivity index (χ0n) is 20.0. The number of hydrogen-bond donors (Lipinski definition) is 1. The van der Waals surface area contributed by atoms with Crippen molar-refractivity contribution < 1.29 is 23.5 Å². The van der Waals surface area contributed by atoms with Crippen LogP contribution in [0.25, 0.3) is 11.1 Å². The van der Waals surface area contributed by atoms with Crippen LogP contribution in [0.3, 0.4) is 0 Å². The maximum absolute atomic E-state index is 14.0. The van der Waals surface area contributed by atoms with Crippen molar-refractivity contribution >= 4 is 40.9 Å². The second-order valence-electron chi connectivity index (χ2n) is 8.87. The van der Waals surface area contributed by atoms with Gasteiger partial charge in [0.1, 0.15) is 5.82 Å². The Morgan fingerprint density at radius 1 is 1.14 bits per heavy atom. The van der Waals surface area contributed by atoms with E-state index in [0.29, 0.717) is 55.2 Å². The fourth-order valence-corrected chi connectivity index (χ4v) is 5.13. The normalized spacial score (nSPS) is 17.1. The Hall–Kier alpha value is -3.36. The number of esters is 1. The van der Waals surface area contributed by atoms with Gasteiger partial charge in [0, 0.05) is 30.4 Å². The van der Waals surface area contributed by atoms with Gasteiger partial charge in [-0.1, -0.05) is 35.3 Å². The molecule has 2 aromatic carbocycles. The molecule has 1 saturated heterocycles. The van der Waals surface area contributed by atoms with E-state index in [2.05, 4.69) is 10.3 Å². The van der Waals surface area contributed by atoms with E-state index in [-0.39, 0.29) is 27.8 Å². The smallest absolute Gasteiger partial charge is 0.309 e. The Morgan fingerprint density at radius 2 is 1.86 bits per heavy atom. The molecule has 0 spiro atoms. The number of hydrogen-bond acceptors (Lipinski definition) is 6. The summed E-state index contributed by atoms with van der Waals surface area (Å²) in [5.41, 5.74) is 2.51. The van der Waals surface area contributed by atoms with E-state index in [9.17, 15) is 14.0 Å². The largest absolute Gasteiger partial charge is 0.466 e. The Balaban J connectivity index is 1.26. The van der Waals surface area contributed by atoms with Gasteiger partial charge in [0.15, 0.2) is 11.6 Å².